The van der Waals surface area contributed by atoms with Crippen LogP contribution in [0, 0.1) is 0 Å². The van der Waals surface area contributed by atoms with Gasteiger partial charge in [-0.3, -0.25) is 0 Å². The molecule has 0 aliphatic rings. The van der Waals surface area contributed by atoms with Crippen LogP contribution in [0.1, 0.15) is 21.0 Å². The molecule has 2 aromatic rings. The number of carbonyl (C=O) groups is 2. The predicted octanol–water partition coefficient (Wildman–Crippen LogP) is -4.80. The van der Waals surface area contributed by atoms with Crippen LogP contribution in [-0.4, -0.2) is 32.4 Å². The van der Waals surface area contributed by atoms with Gasteiger partial charge >= 0.3 is 16.5 Å². The second kappa shape index (κ2) is 14.3. The van der Waals surface area contributed by atoms with E-state index in [0.717, 1.165) is 12.1 Å². The van der Waals surface area contributed by atoms with Crippen LogP contribution < -0.4 is 15.9 Å². The number of aromatic nitrogens is 3. The first-order chi connectivity index (χ1) is 9.00. The molecule has 23 heavy (non-hydrogen) atoms. The normalized spacial score (nSPS) is 7.48. The van der Waals surface area contributed by atoms with Crippen molar-refractivity contribution < 1.29 is 52.7 Å². The molecular weight excluding hydrogens is 359 g/mol. The van der Waals surface area contributed by atoms with Gasteiger partial charge in [-0.25, -0.2) is 15.0 Å². The number of anilines is 1. The van der Waals surface area contributed by atoms with Gasteiger partial charge < -0.3 is 42.0 Å². The monoisotopic (exact) mass is 374 g/mol. The van der Waals surface area contributed by atoms with Gasteiger partial charge in [0.1, 0.15) is 0 Å². The Kier molecular flexibility index (Phi) is 17.7. The molecule has 0 atom stereocenters. The average molecular weight is 375 g/mol. The summed E-state index contributed by atoms with van der Waals surface area (Å²) < 4.78 is 0. The fourth-order valence-corrected chi connectivity index (χ4v) is 0.973. The molecule has 0 radical (unpaired) electrons. The molecule has 0 spiro atoms. The van der Waals surface area contributed by atoms with Crippen LogP contribution in [0.15, 0.2) is 36.7 Å². The van der Waals surface area contributed by atoms with E-state index in [-0.39, 0.29) is 32.9 Å². The summed E-state index contributed by atoms with van der Waals surface area (Å²) in [4.78, 5) is 30.9. The SMILES string of the molecule is Nc1ncccn1.O.O=C([O-])c1cccc(C(=O)[O-])n1.[Ni+2].[OH3+].[OH3+]. The van der Waals surface area contributed by atoms with Crippen molar-refractivity contribution in [1.29, 1.82) is 0 Å². The van der Waals surface area contributed by atoms with Gasteiger partial charge in [-0.2, -0.15) is 0 Å². The number of carboxylic acids is 2. The quantitative estimate of drug-likeness (QED) is 0.393. The molecule has 2 rings (SSSR count). The molecule has 130 valence electrons. The van der Waals surface area contributed by atoms with Gasteiger partial charge in [0.25, 0.3) is 0 Å². The minimum Gasteiger partial charge on any atom is -0.543 e. The Labute approximate surface area is 140 Å². The van der Waals surface area contributed by atoms with Crippen molar-refractivity contribution >= 4 is 17.9 Å². The minimum absolute atomic E-state index is 0. The second-order valence-electron chi connectivity index (χ2n) is 3.09. The molecule has 0 unspecified atom stereocenters. The molecule has 2 aromatic heterocycles. The van der Waals surface area contributed by atoms with E-state index in [1.54, 1.807) is 18.5 Å². The number of hydrogen-bond acceptors (Lipinski definition) is 8. The molecule has 0 aromatic carbocycles. The number of hydrogen-bond donors (Lipinski definition) is 1. The minimum atomic E-state index is -1.52. The molecule has 11 nitrogen and oxygen atoms in total. The van der Waals surface area contributed by atoms with Crippen molar-refractivity contribution in [2.75, 3.05) is 5.73 Å². The molecule has 0 bridgehead atoms. The first-order valence-corrected chi connectivity index (χ1v) is 4.93. The summed E-state index contributed by atoms with van der Waals surface area (Å²) >= 11 is 0. The standard InChI is InChI=1S/C7H5NO4.C4H5N3.Ni.3H2O/c9-6(10)4-2-1-3-5(8-4)7(11)12;5-4-6-2-1-3-7-4;;;;/h1-3H,(H,9,10)(H,11,12);1-3H,(H2,5,6,7);;3*1H2/q;;+2;;;. The zero-order valence-electron chi connectivity index (χ0n) is 11.5. The van der Waals surface area contributed by atoms with E-state index in [0.29, 0.717) is 5.95 Å². The first kappa shape index (κ1) is 28.5. The third kappa shape index (κ3) is 10.7. The number of rotatable bonds is 2. The fourth-order valence-electron chi connectivity index (χ4n) is 0.973. The molecule has 12 heteroatoms. The number of nitrogens with two attached hydrogens (primary N) is 1. The van der Waals surface area contributed by atoms with E-state index < -0.39 is 23.3 Å². The molecule has 10 N–H and O–H groups in total. The van der Waals surface area contributed by atoms with Crippen molar-refractivity contribution in [2.24, 2.45) is 0 Å². The molecule has 0 saturated carbocycles. The molecule has 0 aliphatic carbocycles. The fraction of sp³-hybridized carbons (Fsp3) is 0. The summed E-state index contributed by atoms with van der Waals surface area (Å²) in [6.45, 7) is 0. The zero-order chi connectivity index (χ0) is 14.3. The van der Waals surface area contributed by atoms with Gasteiger partial charge in [0.05, 0.1) is 23.3 Å². The molecule has 0 saturated heterocycles. The van der Waals surface area contributed by atoms with Crippen molar-refractivity contribution in [2.45, 2.75) is 0 Å². The van der Waals surface area contributed by atoms with Gasteiger partial charge in [-0.15, -0.1) is 0 Å². The Hall–Kier alpha value is -2.66. The van der Waals surface area contributed by atoms with Crippen LogP contribution in [0.3, 0.4) is 0 Å². The van der Waals surface area contributed by atoms with E-state index in [9.17, 15) is 19.8 Å². The van der Waals surface area contributed by atoms with Gasteiger partial charge in [0, 0.05) is 12.4 Å². The first-order valence-electron chi connectivity index (χ1n) is 4.93. The number of pyridine rings is 1. The van der Waals surface area contributed by atoms with E-state index in [4.69, 9.17) is 5.73 Å². The van der Waals surface area contributed by atoms with Crippen LogP contribution in [0.4, 0.5) is 5.95 Å². The van der Waals surface area contributed by atoms with Crippen LogP contribution in [0.2, 0.25) is 0 Å². The summed E-state index contributed by atoms with van der Waals surface area (Å²) in [6.07, 6.45) is 3.20. The molecular formula is C11H16N4NiO7+2. The molecule has 0 fully saturated rings. The van der Waals surface area contributed by atoms with Crippen LogP contribution >= 0.6 is 0 Å². The number of carbonyl (C=O) groups excluding carboxylic acids is 2. The summed E-state index contributed by atoms with van der Waals surface area (Å²) in [5.74, 6) is -2.71. The van der Waals surface area contributed by atoms with E-state index in [1.165, 1.54) is 6.07 Å². The molecule has 0 amide bonds. The van der Waals surface area contributed by atoms with Crippen LogP contribution in [0.25, 0.3) is 0 Å². The van der Waals surface area contributed by atoms with Crippen LogP contribution in [0.5, 0.6) is 0 Å². The van der Waals surface area contributed by atoms with E-state index in [2.05, 4.69) is 15.0 Å². The third-order valence-corrected chi connectivity index (χ3v) is 1.75. The second-order valence-corrected chi connectivity index (χ2v) is 3.09. The average Bonchev–Trinajstić information content (AvgIpc) is 2.40. The molecule has 0 aliphatic heterocycles. The molecule has 2 heterocycles. The summed E-state index contributed by atoms with van der Waals surface area (Å²) in [5, 5.41) is 20.4. The number of aromatic carboxylic acids is 2. The zero-order valence-corrected chi connectivity index (χ0v) is 12.5. The van der Waals surface area contributed by atoms with E-state index >= 15 is 0 Å². The van der Waals surface area contributed by atoms with Crippen molar-refractivity contribution in [3.05, 3.63) is 48.0 Å². The van der Waals surface area contributed by atoms with Crippen molar-refractivity contribution in [3.8, 4) is 0 Å². The van der Waals surface area contributed by atoms with Gasteiger partial charge in [-0.05, 0) is 18.2 Å². The van der Waals surface area contributed by atoms with Crippen LogP contribution in [-0.2, 0) is 27.4 Å². The maximum Gasteiger partial charge on any atom is 2.00 e. The maximum atomic E-state index is 10.2. The Morgan fingerprint density at radius 1 is 0.913 bits per heavy atom. The van der Waals surface area contributed by atoms with Gasteiger partial charge in [0.15, 0.2) is 0 Å². The van der Waals surface area contributed by atoms with Crippen molar-refractivity contribution in [1.82, 2.24) is 15.0 Å². The largest absolute Gasteiger partial charge is 2.00 e. The number of nitrogens with zero attached hydrogens (tertiary/aromatic N) is 3. The van der Waals surface area contributed by atoms with Gasteiger partial charge in [-0.1, -0.05) is 6.07 Å². The predicted molar refractivity (Wildman–Crippen MR) is 72.7 cm³/mol. The number of carboxylic acid groups (broad SMARTS) is 2. The smallest absolute Gasteiger partial charge is 0.543 e. The Balaban J connectivity index is -0.000000145. The maximum absolute atomic E-state index is 10.2. The van der Waals surface area contributed by atoms with E-state index in [1.807, 2.05) is 0 Å². The topological polar surface area (TPSA) is 242 Å². The Bertz CT molecular complexity index is 556. The summed E-state index contributed by atoms with van der Waals surface area (Å²) in [7, 11) is 0. The van der Waals surface area contributed by atoms with Gasteiger partial charge in [0.2, 0.25) is 5.95 Å². The Morgan fingerprint density at radius 2 is 1.30 bits per heavy atom. The summed E-state index contributed by atoms with van der Waals surface area (Å²) in [6, 6.07) is 5.25. The third-order valence-electron chi connectivity index (χ3n) is 1.75. The number of nitrogen functional groups attached to an aromatic ring is 1. The Morgan fingerprint density at radius 3 is 1.57 bits per heavy atom. The summed E-state index contributed by atoms with van der Waals surface area (Å²) in [5.41, 5.74) is 4.30. The van der Waals surface area contributed by atoms with Crippen molar-refractivity contribution in [3.63, 3.8) is 0 Å².